The number of rotatable bonds is 7. The average molecular weight is 944 g/mol. The van der Waals surface area contributed by atoms with Gasteiger partial charge in [-0.2, -0.15) is 0 Å². The summed E-state index contributed by atoms with van der Waals surface area (Å²) in [6.45, 7) is 12.1. The first-order chi connectivity index (χ1) is 35.6. The van der Waals surface area contributed by atoms with Gasteiger partial charge in [-0.1, -0.05) is 156 Å². The van der Waals surface area contributed by atoms with Crippen LogP contribution in [-0.2, 0) is 10.8 Å². The fourth-order valence-corrected chi connectivity index (χ4v) is 12.0. The maximum Gasteiger partial charge on any atom is 0.137 e. The molecule has 6 nitrogen and oxygen atoms in total. The summed E-state index contributed by atoms with van der Waals surface area (Å²) in [6, 6.07) is 77.0. The maximum absolute atomic E-state index is 6.95. The van der Waals surface area contributed by atoms with Crippen LogP contribution in [0.4, 0.5) is 22.7 Å². The highest BCUT2D eigenvalue weighted by Crippen LogP contribution is 2.58. The number of benzene rings is 9. The lowest BCUT2D eigenvalue weighted by molar-refractivity contribution is 0.483. The van der Waals surface area contributed by atoms with Gasteiger partial charge < -0.3 is 19.1 Å². The van der Waals surface area contributed by atoms with Crippen molar-refractivity contribution in [1.29, 1.82) is 0 Å². The molecule has 0 atom stereocenters. The molecule has 0 radical (unpaired) electrons. The fourth-order valence-electron chi connectivity index (χ4n) is 12.0. The Kier molecular flexibility index (Phi) is 9.46. The van der Waals surface area contributed by atoms with Gasteiger partial charge in [-0.15, -0.1) is 0 Å². The Morgan fingerprint density at radius 3 is 1.92 bits per heavy atom. The number of para-hydroxylation sites is 4. The van der Waals surface area contributed by atoms with E-state index in [1.165, 1.54) is 72.1 Å². The highest BCUT2D eigenvalue weighted by Gasteiger charge is 2.40. The third-order valence-electron chi connectivity index (χ3n) is 15.6. The zero-order chi connectivity index (χ0) is 49.2. The minimum atomic E-state index is -0.138. The van der Waals surface area contributed by atoms with E-state index in [-0.39, 0.29) is 10.8 Å². The fraction of sp³-hybridized carbons (Fsp3) is 0.119. The van der Waals surface area contributed by atoms with E-state index in [1.807, 2.05) is 6.20 Å². The summed E-state index contributed by atoms with van der Waals surface area (Å²) in [5.41, 5.74) is 19.0. The summed E-state index contributed by atoms with van der Waals surface area (Å²) in [5, 5.41) is 4.76. The number of nitrogens with zero attached hydrogens (tertiary/aromatic N) is 5. The van der Waals surface area contributed by atoms with E-state index in [4.69, 9.17) is 9.72 Å². The number of hydrogen-bond acceptors (Lipinski definition) is 4. The number of hydrogen-bond donors (Lipinski definition) is 0. The second-order valence-electron chi connectivity index (χ2n) is 21.2. The molecule has 14 rings (SSSR count). The second-order valence-corrected chi connectivity index (χ2v) is 21.2. The minimum absolute atomic E-state index is 0.0556. The lowest BCUT2D eigenvalue weighted by Gasteiger charge is -2.28. The predicted molar refractivity (Wildman–Crippen MR) is 303 cm³/mol. The van der Waals surface area contributed by atoms with Crippen LogP contribution in [0.2, 0.25) is 0 Å². The van der Waals surface area contributed by atoms with Crippen LogP contribution in [0.1, 0.15) is 51.3 Å². The summed E-state index contributed by atoms with van der Waals surface area (Å²) in [6.07, 6.45) is 1.94. The van der Waals surface area contributed by atoms with Crippen molar-refractivity contribution in [3.63, 3.8) is 0 Å². The largest absolute Gasteiger partial charge is 0.457 e. The van der Waals surface area contributed by atoms with Crippen LogP contribution in [0.3, 0.4) is 0 Å². The van der Waals surface area contributed by atoms with E-state index >= 15 is 0 Å². The Hall–Kier alpha value is -8.87. The molecule has 73 heavy (non-hydrogen) atoms. The Balaban J connectivity index is 0.872. The molecular weight excluding hydrogens is 891 g/mol. The Bertz CT molecular complexity index is 4140. The Morgan fingerprint density at radius 2 is 1.14 bits per heavy atom. The molecule has 0 unspecified atom stereocenters. The number of fused-ring (bicyclic) bond motifs is 10. The lowest BCUT2D eigenvalue weighted by Crippen LogP contribution is -2.25. The number of ether oxygens (including phenoxy) is 1. The molecule has 352 valence electrons. The topological polar surface area (TPSA) is 38.5 Å². The van der Waals surface area contributed by atoms with Crippen molar-refractivity contribution in [2.45, 2.75) is 45.4 Å². The normalized spacial score (nSPS) is 13.8. The van der Waals surface area contributed by atoms with Crippen LogP contribution < -0.4 is 14.5 Å². The SMILES string of the molecule is CC(C)(C)c1ccnc(-n2c3ccc(-n4c5ccccc5c5ccccc54)cc3c3ccc(Oc4cccc(N5CN(c6c(-c7ccccc7)ccc7c6-c6ccccc6C7(C)C)c6ccccc65)c4)cc32)c1. The molecule has 3 aromatic heterocycles. The van der Waals surface area contributed by atoms with Crippen molar-refractivity contribution in [1.82, 2.24) is 14.1 Å². The average Bonchev–Trinajstić information content (AvgIpc) is 4.13. The van der Waals surface area contributed by atoms with Gasteiger partial charge in [0.15, 0.2) is 0 Å². The van der Waals surface area contributed by atoms with Crippen LogP contribution >= 0.6 is 0 Å². The molecule has 0 amide bonds. The first-order valence-corrected chi connectivity index (χ1v) is 25.4. The van der Waals surface area contributed by atoms with Gasteiger partial charge >= 0.3 is 0 Å². The van der Waals surface area contributed by atoms with Gasteiger partial charge in [-0.05, 0) is 112 Å². The van der Waals surface area contributed by atoms with E-state index in [0.29, 0.717) is 6.67 Å². The maximum atomic E-state index is 6.95. The van der Waals surface area contributed by atoms with Crippen LogP contribution in [-0.4, -0.2) is 20.8 Å². The standard InChI is InChI=1S/C67H53N5O/c1-66(2,3)44-36-37-68-63(38-44)72-59-35-30-46(71-57-26-13-10-22-50(57)51-23-11-14-27-58(51)71)40-54(59)52-32-31-48(41-62(52)72)73-47-21-17-20-45(39-47)69-42-70(61-29-16-15-28-60(61)69)65-49(43-18-7-6-8-19-43)33-34-56-64(65)53-24-9-12-25-55(53)67(56,4)5/h6-41H,42H2,1-5H3. The number of anilines is 4. The van der Waals surface area contributed by atoms with Gasteiger partial charge in [0.25, 0.3) is 0 Å². The molecule has 2 aliphatic rings. The molecule has 0 saturated carbocycles. The number of pyridine rings is 1. The molecule has 1 aliphatic carbocycles. The lowest BCUT2D eigenvalue weighted by atomic mass is 9.82. The summed E-state index contributed by atoms with van der Waals surface area (Å²) in [7, 11) is 0. The van der Waals surface area contributed by atoms with Gasteiger partial charge in [-0.3, -0.25) is 4.57 Å². The monoisotopic (exact) mass is 943 g/mol. The minimum Gasteiger partial charge on any atom is -0.457 e. The quantitative estimate of drug-likeness (QED) is 0.160. The smallest absolute Gasteiger partial charge is 0.137 e. The summed E-state index contributed by atoms with van der Waals surface area (Å²) in [5.74, 6) is 2.39. The van der Waals surface area contributed by atoms with Crippen molar-refractivity contribution in [3.8, 4) is 45.3 Å². The van der Waals surface area contributed by atoms with Crippen molar-refractivity contribution in [2.24, 2.45) is 0 Å². The van der Waals surface area contributed by atoms with E-state index < -0.39 is 0 Å². The van der Waals surface area contributed by atoms with E-state index in [2.05, 4.69) is 266 Å². The zero-order valence-electron chi connectivity index (χ0n) is 41.6. The molecule has 0 fully saturated rings. The van der Waals surface area contributed by atoms with Crippen molar-refractivity contribution in [2.75, 3.05) is 16.5 Å². The van der Waals surface area contributed by atoms with Gasteiger partial charge in [-0.25, -0.2) is 4.98 Å². The highest BCUT2D eigenvalue weighted by molar-refractivity contribution is 6.12. The summed E-state index contributed by atoms with van der Waals surface area (Å²) in [4.78, 5) is 9.99. The molecule has 4 heterocycles. The van der Waals surface area contributed by atoms with Crippen LogP contribution in [0.15, 0.2) is 219 Å². The molecule has 0 bridgehead atoms. The van der Waals surface area contributed by atoms with Gasteiger partial charge in [0, 0.05) is 67.8 Å². The third-order valence-corrected chi connectivity index (χ3v) is 15.6. The van der Waals surface area contributed by atoms with E-state index in [0.717, 1.165) is 56.2 Å². The van der Waals surface area contributed by atoms with Crippen molar-refractivity contribution < 1.29 is 4.74 Å². The first-order valence-electron chi connectivity index (χ1n) is 25.4. The number of aromatic nitrogens is 3. The van der Waals surface area contributed by atoms with E-state index in [9.17, 15) is 0 Å². The van der Waals surface area contributed by atoms with Gasteiger partial charge in [0.05, 0.1) is 39.1 Å². The van der Waals surface area contributed by atoms with Crippen molar-refractivity contribution >= 4 is 66.4 Å². The second kappa shape index (κ2) is 16.1. The summed E-state index contributed by atoms with van der Waals surface area (Å²) >= 11 is 0. The molecule has 0 N–H and O–H groups in total. The molecular formula is C67H53N5O. The van der Waals surface area contributed by atoms with Crippen LogP contribution in [0.25, 0.3) is 77.4 Å². The van der Waals surface area contributed by atoms with Crippen molar-refractivity contribution in [3.05, 3.63) is 235 Å². The molecule has 0 saturated heterocycles. The van der Waals surface area contributed by atoms with Gasteiger partial charge in [0.2, 0.25) is 0 Å². The summed E-state index contributed by atoms with van der Waals surface area (Å²) < 4.78 is 11.6. The Labute approximate surface area is 425 Å². The Morgan fingerprint density at radius 1 is 0.466 bits per heavy atom. The van der Waals surface area contributed by atoms with E-state index in [1.54, 1.807) is 0 Å². The molecule has 1 aliphatic heterocycles. The van der Waals surface area contributed by atoms with Crippen LogP contribution in [0.5, 0.6) is 11.5 Å². The third kappa shape index (κ3) is 6.67. The molecule has 9 aromatic carbocycles. The molecule has 12 aromatic rings. The zero-order valence-corrected chi connectivity index (χ0v) is 41.6. The predicted octanol–water partition coefficient (Wildman–Crippen LogP) is 17.6. The molecule has 0 spiro atoms. The first kappa shape index (κ1) is 43.0. The highest BCUT2D eigenvalue weighted by atomic mass is 16.5. The van der Waals surface area contributed by atoms with Crippen LogP contribution in [0, 0.1) is 0 Å². The van der Waals surface area contributed by atoms with Gasteiger partial charge in [0.1, 0.15) is 24.0 Å². The molecule has 6 heteroatoms.